The van der Waals surface area contributed by atoms with Gasteiger partial charge in [0, 0.05) is 16.2 Å². The Morgan fingerprint density at radius 3 is 2.42 bits per heavy atom. The Morgan fingerprint density at radius 1 is 1.08 bits per heavy atom. The first-order valence-electron chi connectivity index (χ1n) is 11.6. The largest absolute Gasteiger partial charge is 0.391 e. The molecule has 0 saturated carbocycles. The molecular weight excluding hydrogens is 505 g/mol. The number of aromatic nitrogens is 1. The normalized spacial score (nSPS) is 13.2. The number of thioether (sulfide) groups is 1. The number of thiophene rings is 1. The van der Waals surface area contributed by atoms with E-state index in [1.54, 1.807) is 11.3 Å². The standard InChI is InChI=1S/C29H28N2O2S3/c1-29(2,3)21-11-13-23(14-12-21)36(33)19-22(32)18-35-28-25(17-30)24(20-8-5-4-6-9-20)16-26(31-28)27-10-7-15-34-27/h4-16,22,32H,18-19H2,1-3H3/t22-,36-/m0/s1. The van der Waals surface area contributed by atoms with Crippen LogP contribution in [0.5, 0.6) is 0 Å². The van der Waals surface area contributed by atoms with Gasteiger partial charge in [-0.3, -0.25) is 4.21 Å². The van der Waals surface area contributed by atoms with Gasteiger partial charge in [0.05, 0.1) is 38.8 Å². The summed E-state index contributed by atoms with van der Waals surface area (Å²) in [5.74, 6) is 0.412. The molecule has 0 aliphatic carbocycles. The lowest BCUT2D eigenvalue weighted by Gasteiger charge is -2.19. The predicted molar refractivity (Wildman–Crippen MR) is 151 cm³/mol. The van der Waals surface area contributed by atoms with E-state index in [4.69, 9.17) is 4.98 Å². The molecule has 184 valence electrons. The van der Waals surface area contributed by atoms with Crippen LogP contribution >= 0.6 is 23.1 Å². The lowest BCUT2D eigenvalue weighted by molar-refractivity contribution is 0.224. The van der Waals surface area contributed by atoms with Gasteiger partial charge >= 0.3 is 0 Å². The van der Waals surface area contributed by atoms with E-state index in [1.165, 1.54) is 17.3 Å². The third-order valence-electron chi connectivity index (χ3n) is 5.70. The summed E-state index contributed by atoms with van der Waals surface area (Å²) in [6.07, 6.45) is -0.808. The Hall–Kier alpha value is -2.76. The van der Waals surface area contributed by atoms with Crippen molar-refractivity contribution in [2.75, 3.05) is 11.5 Å². The first-order chi connectivity index (χ1) is 17.3. The zero-order valence-electron chi connectivity index (χ0n) is 20.5. The first-order valence-corrected chi connectivity index (χ1v) is 14.8. The van der Waals surface area contributed by atoms with E-state index in [0.29, 0.717) is 15.5 Å². The monoisotopic (exact) mass is 532 g/mol. The fraction of sp³-hybridized carbons (Fsp3) is 0.241. The molecular formula is C29H28N2O2S3. The molecule has 2 atom stereocenters. The van der Waals surface area contributed by atoms with E-state index < -0.39 is 16.9 Å². The third kappa shape index (κ3) is 6.32. The summed E-state index contributed by atoms with van der Waals surface area (Å²) in [5, 5.41) is 23.3. The predicted octanol–water partition coefficient (Wildman–Crippen LogP) is 6.91. The van der Waals surface area contributed by atoms with E-state index in [1.807, 2.05) is 78.2 Å². The van der Waals surface area contributed by atoms with Crippen molar-refractivity contribution < 1.29 is 9.32 Å². The SMILES string of the molecule is CC(C)(C)c1ccc([S@@](=O)C[C@@H](O)CSc2nc(-c3cccs3)cc(-c3ccccc3)c2C#N)cc1. The van der Waals surface area contributed by atoms with Crippen molar-refractivity contribution in [2.45, 2.75) is 42.2 Å². The molecule has 2 aromatic heterocycles. The molecule has 2 heterocycles. The van der Waals surface area contributed by atoms with Crippen molar-refractivity contribution >= 4 is 33.9 Å². The van der Waals surface area contributed by atoms with Crippen LogP contribution in [0, 0.1) is 11.3 Å². The average molecular weight is 533 g/mol. The molecule has 0 aliphatic rings. The maximum Gasteiger partial charge on any atom is 0.115 e. The highest BCUT2D eigenvalue weighted by molar-refractivity contribution is 7.99. The highest BCUT2D eigenvalue weighted by Gasteiger charge is 2.19. The fourth-order valence-corrected chi connectivity index (χ4v) is 6.60. The molecule has 0 radical (unpaired) electrons. The zero-order valence-corrected chi connectivity index (χ0v) is 22.9. The van der Waals surface area contributed by atoms with Crippen molar-refractivity contribution in [3.8, 4) is 27.8 Å². The summed E-state index contributed by atoms with van der Waals surface area (Å²) in [4.78, 5) is 6.49. The highest BCUT2D eigenvalue weighted by Crippen LogP contribution is 2.35. The van der Waals surface area contributed by atoms with Gasteiger partial charge in [0.2, 0.25) is 0 Å². The second-order valence-corrected chi connectivity index (χ2v) is 12.9. The van der Waals surface area contributed by atoms with Crippen LogP contribution in [0.3, 0.4) is 0 Å². The molecule has 0 aliphatic heterocycles. The number of aliphatic hydroxyl groups excluding tert-OH is 1. The van der Waals surface area contributed by atoms with Crippen LogP contribution in [-0.2, 0) is 16.2 Å². The van der Waals surface area contributed by atoms with Crippen molar-refractivity contribution in [3.63, 3.8) is 0 Å². The number of pyridine rings is 1. The van der Waals surface area contributed by atoms with Crippen LogP contribution in [0.25, 0.3) is 21.7 Å². The number of hydrogen-bond donors (Lipinski definition) is 1. The van der Waals surface area contributed by atoms with Gasteiger partial charge in [-0.2, -0.15) is 5.26 Å². The van der Waals surface area contributed by atoms with E-state index in [2.05, 4.69) is 26.8 Å². The summed E-state index contributed by atoms with van der Waals surface area (Å²) in [6.45, 7) is 6.42. The molecule has 2 aromatic carbocycles. The minimum Gasteiger partial charge on any atom is -0.391 e. The van der Waals surface area contributed by atoms with Crippen LogP contribution in [0.15, 0.2) is 88.1 Å². The van der Waals surface area contributed by atoms with Crippen LogP contribution in [0.1, 0.15) is 31.9 Å². The number of nitrogens with zero attached hydrogens (tertiary/aromatic N) is 2. The molecule has 4 nitrogen and oxygen atoms in total. The summed E-state index contributed by atoms with van der Waals surface area (Å²) in [7, 11) is -1.32. The molecule has 4 aromatic rings. The second kappa shape index (κ2) is 11.5. The van der Waals surface area contributed by atoms with Gasteiger partial charge in [0.15, 0.2) is 0 Å². The Morgan fingerprint density at radius 2 is 1.81 bits per heavy atom. The summed E-state index contributed by atoms with van der Waals surface area (Å²) in [6, 6.07) is 25.8. The van der Waals surface area contributed by atoms with Gasteiger partial charge in [0.1, 0.15) is 11.1 Å². The average Bonchev–Trinajstić information content (AvgIpc) is 3.42. The van der Waals surface area contributed by atoms with Gasteiger partial charge in [-0.05, 0) is 46.2 Å². The van der Waals surface area contributed by atoms with E-state index in [9.17, 15) is 14.6 Å². The Kier molecular flexibility index (Phi) is 8.43. The van der Waals surface area contributed by atoms with E-state index in [-0.39, 0.29) is 16.9 Å². The zero-order chi connectivity index (χ0) is 25.7. The number of aliphatic hydroxyl groups is 1. The topological polar surface area (TPSA) is 74.0 Å². The van der Waals surface area contributed by atoms with Gasteiger partial charge in [0.25, 0.3) is 0 Å². The lowest BCUT2D eigenvalue weighted by atomic mass is 9.87. The van der Waals surface area contributed by atoms with E-state index in [0.717, 1.165) is 21.7 Å². The Bertz CT molecular complexity index is 1370. The fourth-order valence-electron chi connectivity index (χ4n) is 3.73. The van der Waals surface area contributed by atoms with Gasteiger partial charge in [-0.25, -0.2) is 4.98 Å². The molecule has 36 heavy (non-hydrogen) atoms. The van der Waals surface area contributed by atoms with E-state index >= 15 is 0 Å². The summed E-state index contributed by atoms with van der Waals surface area (Å²) < 4.78 is 12.9. The van der Waals surface area contributed by atoms with Crippen molar-refractivity contribution in [1.82, 2.24) is 4.98 Å². The van der Waals surface area contributed by atoms with Gasteiger partial charge in [-0.15, -0.1) is 23.1 Å². The van der Waals surface area contributed by atoms with Crippen molar-refractivity contribution in [3.05, 3.63) is 89.3 Å². The summed E-state index contributed by atoms with van der Waals surface area (Å²) >= 11 is 2.92. The number of benzene rings is 2. The highest BCUT2D eigenvalue weighted by atomic mass is 32.2. The van der Waals surface area contributed by atoms with Crippen molar-refractivity contribution in [2.24, 2.45) is 0 Å². The third-order valence-corrected chi connectivity index (χ3v) is 9.19. The first kappa shape index (κ1) is 26.3. The molecule has 0 unspecified atom stereocenters. The van der Waals surface area contributed by atoms with Gasteiger partial charge < -0.3 is 5.11 Å². The quantitative estimate of drug-likeness (QED) is 0.250. The molecule has 1 N–H and O–H groups in total. The Labute approximate surface area is 223 Å². The maximum atomic E-state index is 12.9. The minimum absolute atomic E-state index is 0.0257. The van der Waals surface area contributed by atoms with Gasteiger partial charge in [-0.1, -0.05) is 69.3 Å². The maximum absolute atomic E-state index is 12.9. The van der Waals surface area contributed by atoms with Crippen LogP contribution < -0.4 is 0 Å². The minimum atomic E-state index is -1.32. The number of hydrogen-bond acceptors (Lipinski definition) is 6. The van der Waals surface area contributed by atoms with Crippen molar-refractivity contribution in [1.29, 1.82) is 5.26 Å². The number of rotatable bonds is 8. The molecule has 7 heteroatoms. The lowest BCUT2D eigenvalue weighted by Crippen LogP contribution is -2.20. The molecule has 4 rings (SSSR count). The van der Waals surface area contributed by atoms with Crippen LogP contribution in [0.2, 0.25) is 0 Å². The van der Waals surface area contributed by atoms with Crippen LogP contribution in [-0.4, -0.2) is 31.9 Å². The number of nitriles is 1. The summed E-state index contributed by atoms with van der Waals surface area (Å²) in [5.41, 5.74) is 4.24. The molecule has 0 saturated heterocycles. The molecule has 0 spiro atoms. The smallest absolute Gasteiger partial charge is 0.115 e. The Balaban J connectivity index is 1.53. The molecule has 0 fully saturated rings. The molecule has 0 bridgehead atoms. The second-order valence-electron chi connectivity index (χ2n) is 9.44. The van der Waals surface area contributed by atoms with Crippen LogP contribution in [0.4, 0.5) is 0 Å². The molecule has 0 amide bonds.